The molecule has 2 aromatic heterocycles. The number of primary amides is 1. The molecule has 1 fully saturated rings. The molecule has 1 atom stereocenters. The number of methoxy groups -OCH3 is 2. The summed E-state index contributed by atoms with van der Waals surface area (Å²) in [5.41, 5.74) is 10.3. The molecule has 3 N–H and O–H groups in total. The smallest absolute Gasteiger partial charge is 0.217 e. The zero-order valence-corrected chi connectivity index (χ0v) is 23.7. The normalized spacial score (nSPS) is 13.7. The number of hydrogen-bond donors (Lipinski definition) is 2. The van der Waals surface area contributed by atoms with Gasteiger partial charge in [0.05, 0.1) is 43.3 Å². The van der Waals surface area contributed by atoms with Crippen molar-refractivity contribution >= 4 is 28.3 Å². The van der Waals surface area contributed by atoms with Gasteiger partial charge in [-0.2, -0.15) is 5.10 Å². The summed E-state index contributed by atoms with van der Waals surface area (Å²) in [5, 5.41) is 15.0. The number of ether oxygens (including phenoxy) is 2. The number of unbranched alkanes of at least 4 members (excludes halogenated alkanes) is 3. The second-order valence-corrected chi connectivity index (χ2v) is 10.7. The van der Waals surface area contributed by atoms with Gasteiger partial charge < -0.3 is 25.2 Å². The number of carbonyl (C=O) groups excluding carboxylic acids is 1. The van der Waals surface area contributed by atoms with Gasteiger partial charge in [0.2, 0.25) is 5.91 Å². The molecule has 41 heavy (non-hydrogen) atoms. The first-order valence-electron chi connectivity index (χ1n) is 14.2. The van der Waals surface area contributed by atoms with Crippen LogP contribution in [-0.4, -0.2) is 51.5 Å². The fraction of sp³-hybridized carbons (Fsp3) is 0.419. The first-order chi connectivity index (χ1) is 19.9. The Morgan fingerprint density at radius 2 is 1.78 bits per heavy atom. The molecule has 1 unspecified atom stereocenters. The fourth-order valence-corrected chi connectivity index (χ4v) is 4.92. The highest BCUT2D eigenvalue weighted by atomic mass is 16.5. The van der Waals surface area contributed by atoms with Gasteiger partial charge >= 0.3 is 0 Å². The molecule has 216 valence electrons. The SMILES string of the molecule is COc1cc(OC)cc(N(CC2CC2)c2ccc3ncc(-c4cnn(C(O)CCCCCCC(N)=O)c4)nc3c2)c1. The largest absolute Gasteiger partial charge is 0.497 e. The Kier molecular flexibility index (Phi) is 8.98. The van der Waals surface area contributed by atoms with Crippen molar-refractivity contribution in [1.82, 2.24) is 19.7 Å². The second kappa shape index (κ2) is 13.0. The highest BCUT2D eigenvalue weighted by Crippen LogP contribution is 2.38. The Morgan fingerprint density at radius 1 is 1.02 bits per heavy atom. The van der Waals surface area contributed by atoms with Crippen molar-refractivity contribution in [1.29, 1.82) is 0 Å². The Morgan fingerprint density at radius 3 is 2.49 bits per heavy atom. The average Bonchev–Trinajstić information content (AvgIpc) is 3.68. The third-order valence-corrected chi connectivity index (χ3v) is 7.46. The summed E-state index contributed by atoms with van der Waals surface area (Å²) in [5.74, 6) is 1.86. The predicted octanol–water partition coefficient (Wildman–Crippen LogP) is 5.38. The number of anilines is 2. The minimum absolute atomic E-state index is 0.268. The number of amides is 1. The van der Waals surface area contributed by atoms with Crippen LogP contribution in [-0.2, 0) is 4.79 Å². The lowest BCUT2D eigenvalue weighted by Crippen LogP contribution is -2.20. The molecule has 2 heterocycles. The standard InChI is InChI=1S/C31H38N6O4/c1-40-25-13-24(14-26(16-25)41-2)36(19-21-9-10-21)23-11-12-27-28(15-23)35-29(18-33-27)22-17-34-37(20-22)31(39)8-6-4-3-5-7-30(32)38/h11-18,20-21,31,39H,3-10,19H2,1-2H3,(H2,32,38). The maximum absolute atomic E-state index is 10.9. The van der Waals surface area contributed by atoms with Crippen molar-refractivity contribution in [3.63, 3.8) is 0 Å². The zero-order valence-electron chi connectivity index (χ0n) is 23.7. The molecule has 0 radical (unpaired) electrons. The highest BCUT2D eigenvalue weighted by molar-refractivity contribution is 5.82. The zero-order chi connectivity index (χ0) is 28.8. The monoisotopic (exact) mass is 558 g/mol. The second-order valence-electron chi connectivity index (χ2n) is 10.7. The van der Waals surface area contributed by atoms with E-state index in [1.165, 1.54) is 12.8 Å². The van der Waals surface area contributed by atoms with Gasteiger partial charge in [-0.05, 0) is 56.2 Å². The van der Waals surface area contributed by atoms with Crippen LogP contribution in [0.3, 0.4) is 0 Å². The maximum Gasteiger partial charge on any atom is 0.217 e. The lowest BCUT2D eigenvalue weighted by molar-refractivity contribution is -0.118. The van der Waals surface area contributed by atoms with Crippen LogP contribution in [0.5, 0.6) is 11.5 Å². The number of nitrogens with two attached hydrogens (primary N) is 1. The van der Waals surface area contributed by atoms with E-state index >= 15 is 0 Å². The van der Waals surface area contributed by atoms with Gasteiger partial charge in [-0.1, -0.05) is 12.8 Å². The number of aromatic nitrogens is 4. The van der Waals surface area contributed by atoms with E-state index in [0.29, 0.717) is 24.5 Å². The minimum Gasteiger partial charge on any atom is -0.497 e. The van der Waals surface area contributed by atoms with Crippen LogP contribution in [0.4, 0.5) is 11.4 Å². The minimum atomic E-state index is -0.726. The number of fused-ring (bicyclic) bond motifs is 1. The summed E-state index contributed by atoms with van der Waals surface area (Å²) in [7, 11) is 3.32. The van der Waals surface area contributed by atoms with E-state index in [-0.39, 0.29) is 5.91 Å². The van der Waals surface area contributed by atoms with Crippen LogP contribution in [0.15, 0.2) is 55.0 Å². The molecule has 1 amide bonds. The van der Waals surface area contributed by atoms with Gasteiger partial charge in [-0.25, -0.2) is 9.67 Å². The van der Waals surface area contributed by atoms with Crippen LogP contribution in [0.2, 0.25) is 0 Å². The van der Waals surface area contributed by atoms with Gasteiger partial charge in [0, 0.05) is 54.3 Å². The maximum atomic E-state index is 10.9. The van der Waals surface area contributed by atoms with Crippen molar-refractivity contribution < 1.29 is 19.4 Å². The Bertz CT molecular complexity index is 1460. The van der Waals surface area contributed by atoms with Gasteiger partial charge in [0.1, 0.15) is 17.7 Å². The number of nitrogens with zero attached hydrogens (tertiary/aromatic N) is 5. The Hall–Kier alpha value is -4.18. The quantitative estimate of drug-likeness (QED) is 0.186. The molecule has 1 aliphatic rings. The molecule has 1 saturated carbocycles. The number of aliphatic hydroxyl groups excluding tert-OH is 1. The number of hydrogen-bond acceptors (Lipinski definition) is 8. The summed E-state index contributed by atoms with van der Waals surface area (Å²) in [6.07, 6.45) is 11.4. The lowest BCUT2D eigenvalue weighted by atomic mass is 10.1. The highest BCUT2D eigenvalue weighted by Gasteiger charge is 2.26. The number of carbonyl (C=O) groups is 1. The van der Waals surface area contributed by atoms with E-state index in [9.17, 15) is 9.90 Å². The molecule has 4 aromatic rings. The van der Waals surface area contributed by atoms with Crippen molar-refractivity contribution in [2.75, 3.05) is 25.7 Å². The van der Waals surface area contributed by atoms with Gasteiger partial charge in [0.15, 0.2) is 0 Å². The first kappa shape index (κ1) is 28.4. The molecule has 1 aliphatic carbocycles. The Balaban J connectivity index is 1.33. The van der Waals surface area contributed by atoms with Gasteiger partial charge in [-0.15, -0.1) is 0 Å². The summed E-state index contributed by atoms with van der Waals surface area (Å²) < 4.78 is 12.6. The van der Waals surface area contributed by atoms with Crippen LogP contribution in [0.1, 0.15) is 57.6 Å². The molecule has 5 rings (SSSR count). The van der Waals surface area contributed by atoms with E-state index < -0.39 is 6.23 Å². The molecule has 10 nitrogen and oxygen atoms in total. The lowest BCUT2D eigenvalue weighted by Gasteiger charge is -2.26. The topological polar surface area (TPSA) is 129 Å². The summed E-state index contributed by atoms with van der Waals surface area (Å²) in [4.78, 5) is 22.7. The predicted molar refractivity (Wildman–Crippen MR) is 158 cm³/mol. The Labute approximate surface area is 240 Å². The van der Waals surface area contributed by atoms with Crippen LogP contribution in [0.25, 0.3) is 22.3 Å². The molecular weight excluding hydrogens is 520 g/mol. The molecule has 0 spiro atoms. The molecule has 0 aliphatic heterocycles. The molecule has 0 saturated heterocycles. The van der Waals surface area contributed by atoms with Crippen molar-refractivity contribution in [2.24, 2.45) is 11.7 Å². The van der Waals surface area contributed by atoms with E-state index in [0.717, 1.165) is 71.7 Å². The average molecular weight is 559 g/mol. The van der Waals surface area contributed by atoms with Gasteiger partial charge in [-0.3, -0.25) is 9.78 Å². The molecule has 2 aromatic carbocycles. The fourth-order valence-electron chi connectivity index (χ4n) is 4.92. The van der Waals surface area contributed by atoms with Crippen molar-refractivity contribution in [2.45, 2.75) is 57.6 Å². The third-order valence-electron chi connectivity index (χ3n) is 7.46. The van der Waals surface area contributed by atoms with Crippen LogP contribution in [0, 0.1) is 5.92 Å². The number of aliphatic hydroxyl groups is 1. The third kappa shape index (κ3) is 7.32. The summed E-state index contributed by atoms with van der Waals surface area (Å²) in [6, 6.07) is 12.1. The summed E-state index contributed by atoms with van der Waals surface area (Å²) >= 11 is 0. The van der Waals surface area contributed by atoms with E-state index in [2.05, 4.69) is 27.1 Å². The number of rotatable bonds is 15. The molecular formula is C31H38N6O4. The van der Waals surface area contributed by atoms with E-state index in [1.54, 1.807) is 37.5 Å². The van der Waals surface area contributed by atoms with Gasteiger partial charge in [0.25, 0.3) is 0 Å². The van der Waals surface area contributed by atoms with E-state index in [1.807, 2.05) is 24.3 Å². The van der Waals surface area contributed by atoms with E-state index in [4.69, 9.17) is 20.2 Å². The first-order valence-corrected chi connectivity index (χ1v) is 14.2. The molecule has 0 bridgehead atoms. The van der Waals surface area contributed by atoms with Crippen molar-refractivity contribution in [3.05, 3.63) is 55.0 Å². The van der Waals surface area contributed by atoms with Crippen LogP contribution >= 0.6 is 0 Å². The van der Waals surface area contributed by atoms with Crippen molar-refractivity contribution in [3.8, 4) is 22.8 Å². The van der Waals surface area contributed by atoms with Crippen LogP contribution < -0.4 is 20.1 Å². The summed E-state index contributed by atoms with van der Waals surface area (Å²) in [6.45, 7) is 0.894. The number of benzene rings is 2. The molecule has 10 heteroatoms.